The van der Waals surface area contributed by atoms with E-state index in [1.807, 2.05) is 13.1 Å². The number of hydrogen-bond donors (Lipinski definition) is 2. The van der Waals surface area contributed by atoms with Gasteiger partial charge in [0.15, 0.2) is 5.82 Å². The van der Waals surface area contributed by atoms with Gasteiger partial charge in [-0.25, -0.2) is 4.79 Å². The number of benzene rings is 1. The maximum Gasteiger partial charge on any atom is 0.329 e. The van der Waals surface area contributed by atoms with Crippen molar-refractivity contribution in [1.29, 1.82) is 0 Å². The van der Waals surface area contributed by atoms with Crippen LogP contribution in [0.2, 0.25) is 0 Å². The summed E-state index contributed by atoms with van der Waals surface area (Å²) in [6.07, 6.45) is 0.292. The van der Waals surface area contributed by atoms with E-state index in [1.165, 1.54) is 4.90 Å². The summed E-state index contributed by atoms with van der Waals surface area (Å²) in [7, 11) is 1.88. The summed E-state index contributed by atoms with van der Waals surface area (Å²) < 4.78 is 1.80. The largest absolute Gasteiger partial charge is 0.369 e. The monoisotopic (exact) mass is 342 g/mol. The maximum atomic E-state index is 12.1. The number of urea groups is 1. The van der Waals surface area contributed by atoms with E-state index in [2.05, 4.69) is 39.7 Å². The average Bonchev–Trinajstić information content (AvgIpc) is 2.91. The molecule has 8 heteroatoms. The Hall–Kier alpha value is -2.61. The SMILES string of the molecule is C[C@@H]1CN(c2ccc3c(N4CCC(=O)NC4=O)nn(C)c3c2)CCN1. The minimum Gasteiger partial charge on any atom is -0.369 e. The molecule has 0 spiro atoms. The minimum absolute atomic E-state index is 0.239. The average molecular weight is 342 g/mol. The van der Waals surface area contributed by atoms with Crippen LogP contribution in [0.1, 0.15) is 13.3 Å². The van der Waals surface area contributed by atoms with Crippen molar-refractivity contribution in [2.45, 2.75) is 19.4 Å². The number of anilines is 2. The third-order valence-corrected chi connectivity index (χ3v) is 4.86. The van der Waals surface area contributed by atoms with Crippen LogP contribution in [-0.2, 0) is 11.8 Å². The minimum atomic E-state index is -0.406. The van der Waals surface area contributed by atoms with Crippen molar-refractivity contribution in [3.8, 4) is 0 Å². The first-order chi connectivity index (χ1) is 12.0. The van der Waals surface area contributed by atoms with Crippen molar-refractivity contribution in [2.24, 2.45) is 7.05 Å². The van der Waals surface area contributed by atoms with Gasteiger partial charge >= 0.3 is 6.03 Å². The van der Waals surface area contributed by atoms with E-state index in [0.29, 0.717) is 24.8 Å². The number of nitrogens with zero attached hydrogens (tertiary/aromatic N) is 4. The summed E-state index contributed by atoms with van der Waals surface area (Å²) in [5.74, 6) is 0.360. The molecular weight excluding hydrogens is 320 g/mol. The summed E-state index contributed by atoms with van der Waals surface area (Å²) >= 11 is 0. The fourth-order valence-corrected chi connectivity index (χ4v) is 3.56. The second kappa shape index (κ2) is 6.03. The molecule has 0 aliphatic carbocycles. The molecule has 1 aromatic heterocycles. The van der Waals surface area contributed by atoms with E-state index < -0.39 is 6.03 Å². The molecule has 2 aliphatic heterocycles. The molecule has 132 valence electrons. The first-order valence-corrected chi connectivity index (χ1v) is 8.59. The van der Waals surface area contributed by atoms with Crippen LogP contribution in [0.3, 0.4) is 0 Å². The zero-order valence-corrected chi connectivity index (χ0v) is 14.5. The van der Waals surface area contributed by atoms with Gasteiger partial charge in [-0.1, -0.05) is 0 Å². The molecule has 1 atom stereocenters. The standard InChI is InChI=1S/C17H22N6O2/c1-11-10-22(8-6-18-11)12-3-4-13-14(9-12)21(2)20-16(13)23-7-5-15(24)19-17(23)25/h3-4,9,11,18H,5-8,10H2,1-2H3,(H,19,24,25)/t11-/m1/s1. The van der Waals surface area contributed by atoms with Crippen LogP contribution < -0.4 is 20.4 Å². The zero-order valence-electron chi connectivity index (χ0n) is 14.5. The molecule has 2 N–H and O–H groups in total. The van der Waals surface area contributed by atoms with Crippen molar-refractivity contribution in [3.05, 3.63) is 18.2 Å². The summed E-state index contributed by atoms with van der Waals surface area (Å²) in [6, 6.07) is 6.27. The third-order valence-electron chi connectivity index (χ3n) is 4.86. The number of fused-ring (bicyclic) bond motifs is 1. The molecular formula is C17H22N6O2. The van der Waals surface area contributed by atoms with Gasteiger partial charge in [0.2, 0.25) is 5.91 Å². The van der Waals surface area contributed by atoms with Gasteiger partial charge in [0.1, 0.15) is 0 Å². The number of imide groups is 1. The Bertz CT molecular complexity index is 845. The maximum absolute atomic E-state index is 12.1. The molecule has 4 rings (SSSR count). The Morgan fingerprint density at radius 2 is 2.08 bits per heavy atom. The summed E-state index contributed by atoms with van der Waals surface area (Å²) in [5.41, 5.74) is 2.14. The van der Waals surface area contributed by atoms with Crippen molar-refractivity contribution >= 4 is 34.3 Å². The Balaban J connectivity index is 1.69. The topological polar surface area (TPSA) is 82.5 Å². The highest BCUT2D eigenvalue weighted by Gasteiger charge is 2.28. The molecule has 8 nitrogen and oxygen atoms in total. The van der Waals surface area contributed by atoms with E-state index in [-0.39, 0.29) is 5.91 Å². The number of carbonyl (C=O) groups is 2. The molecule has 3 amide bonds. The lowest BCUT2D eigenvalue weighted by atomic mass is 10.1. The normalized spacial score (nSPS) is 21.8. The van der Waals surface area contributed by atoms with Crippen LogP contribution in [0, 0.1) is 0 Å². The van der Waals surface area contributed by atoms with Gasteiger partial charge in [-0.15, -0.1) is 0 Å². The Labute approximate surface area is 145 Å². The predicted octanol–water partition coefficient (Wildman–Crippen LogP) is 0.818. The molecule has 1 aromatic carbocycles. The highest BCUT2D eigenvalue weighted by atomic mass is 16.2. The lowest BCUT2D eigenvalue weighted by Gasteiger charge is -2.33. The van der Waals surface area contributed by atoms with Crippen molar-refractivity contribution in [1.82, 2.24) is 20.4 Å². The van der Waals surface area contributed by atoms with Gasteiger partial charge < -0.3 is 10.2 Å². The van der Waals surface area contributed by atoms with Crippen molar-refractivity contribution < 1.29 is 9.59 Å². The van der Waals surface area contributed by atoms with Gasteiger partial charge in [0.05, 0.1) is 5.52 Å². The molecule has 0 saturated carbocycles. The molecule has 0 unspecified atom stereocenters. The second-order valence-electron chi connectivity index (χ2n) is 6.70. The van der Waals surface area contributed by atoms with Gasteiger partial charge in [-0.05, 0) is 25.1 Å². The number of aromatic nitrogens is 2. The summed E-state index contributed by atoms with van der Waals surface area (Å²) in [5, 5.41) is 11.2. The van der Waals surface area contributed by atoms with E-state index in [4.69, 9.17) is 0 Å². The quantitative estimate of drug-likeness (QED) is 0.844. The fourth-order valence-electron chi connectivity index (χ4n) is 3.56. The van der Waals surface area contributed by atoms with Crippen LogP contribution in [0.25, 0.3) is 10.9 Å². The molecule has 0 radical (unpaired) electrons. The smallest absolute Gasteiger partial charge is 0.329 e. The van der Waals surface area contributed by atoms with Crippen LogP contribution in [0.15, 0.2) is 18.2 Å². The van der Waals surface area contributed by atoms with E-state index in [1.54, 1.807) is 4.68 Å². The third kappa shape index (κ3) is 2.82. The molecule has 2 aliphatic rings. The van der Waals surface area contributed by atoms with E-state index in [0.717, 1.165) is 36.2 Å². The number of rotatable bonds is 2. The van der Waals surface area contributed by atoms with Gasteiger partial charge in [-0.3, -0.25) is 19.7 Å². The lowest BCUT2D eigenvalue weighted by Crippen LogP contribution is -2.49. The Morgan fingerprint density at radius 1 is 1.24 bits per heavy atom. The number of hydrogen-bond acceptors (Lipinski definition) is 5. The Morgan fingerprint density at radius 3 is 2.84 bits per heavy atom. The summed E-state index contributed by atoms with van der Waals surface area (Å²) in [4.78, 5) is 27.4. The number of amides is 3. The molecule has 2 fully saturated rings. The fraction of sp³-hybridized carbons (Fsp3) is 0.471. The van der Waals surface area contributed by atoms with Crippen LogP contribution >= 0.6 is 0 Å². The first-order valence-electron chi connectivity index (χ1n) is 8.59. The zero-order chi connectivity index (χ0) is 17.6. The highest BCUT2D eigenvalue weighted by Crippen LogP contribution is 2.30. The molecule has 0 bridgehead atoms. The van der Waals surface area contributed by atoms with Crippen molar-refractivity contribution in [2.75, 3.05) is 36.0 Å². The number of nitrogens with one attached hydrogen (secondary N) is 2. The molecule has 3 heterocycles. The number of aryl methyl sites for hydroxylation is 1. The molecule has 25 heavy (non-hydrogen) atoms. The van der Waals surface area contributed by atoms with Crippen molar-refractivity contribution in [3.63, 3.8) is 0 Å². The van der Waals surface area contributed by atoms with Crippen LogP contribution in [0.4, 0.5) is 16.3 Å². The first kappa shape index (κ1) is 15.9. The molecule has 2 aromatic rings. The van der Waals surface area contributed by atoms with Gasteiger partial charge in [0, 0.05) is 56.8 Å². The summed E-state index contributed by atoms with van der Waals surface area (Å²) in [6.45, 7) is 5.44. The Kier molecular flexibility index (Phi) is 3.84. The lowest BCUT2D eigenvalue weighted by molar-refractivity contribution is -0.120. The van der Waals surface area contributed by atoms with E-state index in [9.17, 15) is 9.59 Å². The van der Waals surface area contributed by atoms with Gasteiger partial charge in [0.25, 0.3) is 0 Å². The van der Waals surface area contributed by atoms with Crippen LogP contribution in [0.5, 0.6) is 0 Å². The number of piperazine rings is 1. The van der Waals surface area contributed by atoms with Gasteiger partial charge in [-0.2, -0.15) is 5.10 Å². The predicted molar refractivity (Wildman–Crippen MR) is 95.9 cm³/mol. The van der Waals surface area contributed by atoms with E-state index >= 15 is 0 Å². The second-order valence-corrected chi connectivity index (χ2v) is 6.70. The number of carbonyl (C=O) groups excluding carboxylic acids is 2. The molecule has 2 saturated heterocycles. The highest BCUT2D eigenvalue weighted by molar-refractivity contribution is 6.09. The van der Waals surface area contributed by atoms with Crippen LogP contribution in [-0.4, -0.2) is 53.9 Å².